The fourth-order valence-corrected chi connectivity index (χ4v) is 2.75. The molecule has 7 heteroatoms. The molecule has 1 aromatic heterocycles. The van der Waals surface area contributed by atoms with Crippen LogP contribution in [0.5, 0.6) is 0 Å². The van der Waals surface area contributed by atoms with Gasteiger partial charge in [-0.1, -0.05) is 12.1 Å². The van der Waals surface area contributed by atoms with Crippen molar-refractivity contribution in [2.24, 2.45) is 5.10 Å². The van der Waals surface area contributed by atoms with Gasteiger partial charge in [0.15, 0.2) is 0 Å². The molecular formula is C17H16ClN3O3. The normalized spacial score (nSPS) is 16.8. The zero-order chi connectivity index (χ0) is 17.1. The second kappa shape index (κ2) is 6.88. The minimum absolute atomic E-state index is 0.127. The Balaban J connectivity index is 1.85. The molecule has 0 fully saturated rings. The summed E-state index contributed by atoms with van der Waals surface area (Å²) in [7, 11) is 0. The Hall–Kier alpha value is -2.60. The van der Waals surface area contributed by atoms with Gasteiger partial charge in [0.1, 0.15) is 17.7 Å². The second-order valence-corrected chi connectivity index (χ2v) is 5.68. The molecule has 0 aliphatic carbocycles. The zero-order valence-electron chi connectivity index (χ0n) is 13.0. The van der Waals surface area contributed by atoms with Gasteiger partial charge < -0.3 is 9.73 Å². The monoisotopic (exact) mass is 345 g/mol. The fourth-order valence-electron chi connectivity index (χ4n) is 2.63. The highest BCUT2D eigenvalue weighted by molar-refractivity contribution is 6.27. The molecule has 1 N–H and O–H groups in total. The SMILES string of the molecule is CC(=O)Nc1ccc(C2=NN(C(=O)CCl)[C@@H](c3ccco3)C2)cc1. The molecule has 124 valence electrons. The maximum Gasteiger partial charge on any atom is 0.258 e. The topological polar surface area (TPSA) is 74.9 Å². The van der Waals surface area contributed by atoms with E-state index in [4.69, 9.17) is 16.0 Å². The van der Waals surface area contributed by atoms with Crippen LogP contribution in [0.25, 0.3) is 0 Å². The smallest absolute Gasteiger partial charge is 0.258 e. The largest absolute Gasteiger partial charge is 0.467 e. The predicted octanol–water partition coefficient (Wildman–Crippen LogP) is 3.15. The second-order valence-electron chi connectivity index (χ2n) is 5.41. The minimum atomic E-state index is -0.295. The summed E-state index contributed by atoms with van der Waals surface area (Å²) >= 11 is 5.69. The molecular weight excluding hydrogens is 330 g/mol. The number of nitrogens with zero attached hydrogens (tertiary/aromatic N) is 2. The van der Waals surface area contributed by atoms with Crippen LogP contribution in [0.4, 0.5) is 5.69 Å². The molecule has 1 aliphatic heterocycles. The van der Waals surface area contributed by atoms with Crippen LogP contribution in [0.3, 0.4) is 0 Å². The quantitative estimate of drug-likeness (QED) is 0.865. The van der Waals surface area contributed by atoms with E-state index in [1.807, 2.05) is 18.2 Å². The zero-order valence-corrected chi connectivity index (χ0v) is 13.8. The van der Waals surface area contributed by atoms with Crippen LogP contribution in [-0.2, 0) is 9.59 Å². The molecule has 1 aliphatic rings. The summed E-state index contributed by atoms with van der Waals surface area (Å²) in [5.74, 6) is 0.123. The lowest BCUT2D eigenvalue weighted by Crippen LogP contribution is -2.27. The average molecular weight is 346 g/mol. The van der Waals surface area contributed by atoms with Crippen molar-refractivity contribution in [3.8, 4) is 0 Å². The number of hydrogen-bond acceptors (Lipinski definition) is 4. The first-order valence-electron chi connectivity index (χ1n) is 7.45. The van der Waals surface area contributed by atoms with Crippen LogP contribution in [0, 0.1) is 0 Å². The predicted molar refractivity (Wildman–Crippen MR) is 90.9 cm³/mol. The first-order chi connectivity index (χ1) is 11.6. The number of hydrogen-bond donors (Lipinski definition) is 1. The Kier molecular flexibility index (Phi) is 4.66. The summed E-state index contributed by atoms with van der Waals surface area (Å²) in [5.41, 5.74) is 2.36. The van der Waals surface area contributed by atoms with Crippen molar-refractivity contribution in [3.63, 3.8) is 0 Å². The van der Waals surface area contributed by atoms with E-state index in [1.165, 1.54) is 11.9 Å². The van der Waals surface area contributed by atoms with Gasteiger partial charge in [0.2, 0.25) is 5.91 Å². The number of carbonyl (C=O) groups is 2. The van der Waals surface area contributed by atoms with Gasteiger partial charge >= 0.3 is 0 Å². The number of alkyl halides is 1. The third-order valence-corrected chi connectivity index (χ3v) is 3.92. The van der Waals surface area contributed by atoms with Gasteiger partial charge in [-0.15, -0.1) is 11.6 Å². The number of hydrazone groups is 1. The first-order valence-corrected chi connectivity index (χ1v) is 7.99. The summed E-state index contributed by atoms with van der Waals surface area (Å²) < 4.78 is 5.43. The van der Waals surface area contributed by atoms with Crippen molar-refractivity contribution in [1.82, 2.24) is 5.01 Å². The third-order valence-electron chi connectivity index (χ3n) is 3.69. The third kappa shape index (κ3) is 3.33. The molecule has 1 atom stereocenters. The highest BCUT2D eigenvalue weighted by atomic mass is 35.5. The number of benzene rings is 1. The number of amides is 2. The molecule has 2 aromatic rings. The van der Waals surface area contributed by atoms with E-state index in [-0.39, 0.29) is 23.7 Å². The van der Waals surface area contributed by atoms with Crippen molar-refractivity contribution in [1.29, 1.82) is 0 Å². The first kappa shape index (κ1) is 16.3. The summed E-state index contributed by atoms with van der Waals surface area (Å²) in [4.78, 5) is 23.1. The van der Waals surface area contributed by atoms with Crippen LogP contribution in [-0.4, -0.2) is 28.4 Å². The number of furan rings is 1. The molecule has 0 saturated heterocycles. The van der Waals surface area contributed by atoms with Crippen molar-refractivity contribution in [3.05, 3.63) is 54.0 Å². The molecule has 0 saturated carbocycles. The average Bonchev–Trinajstić information content (AvgIpc) is 3.23. The Morgan fingerprint density at radius 1 is 1.33 bits per heavy atom. The molecule has 0 unspecified atom stereocenters. The highest BCUT2D eigenvalue weighted by Crippen LogP contribution is 2.33. The Bertz CT molecular complexity index is 769. The number of anilines is 1. The summed E-state index contributed by atoms with van der Waals surface area (Å²) in [5, 5.41) is 8.52. The van der Waals surface area contributed by atoms with Crippen LogP contribution >= 0.6 is 11.6 Å². The standard InChI is InChI=1S/C17H16ClN3O3/c1-11(22)19-13-6-4-12(5-7-13)14-9-15(16-3-2-8-24-16)21(20-14)17(23)10-18/h2-8,15H,9-10H2,1H3,(H,19,22)/t15-/m1/s1. The van der Waals surface area contributed by atoms with Gasteiger partial charge in [-0.2, -0.15) is 5.10 Å². The number of carbonyl (C=O) groups excluding carboxylic acids is 2. The molecule has 0 spiro atoms. The fraction of sp³-hybridized carbons (Fsp3) is 0.235. The number of halogens is 1. The Morgan fingerprint density at radius 2 is 2.08 bits per heavy atom. The van der Waals surface area contributed by atoms with Crippen LogP contribution < -0.4 is 5.32 Å². The van der Waals surface area contributed by atoms with E-state index in [2.05, 4.69) is 10.4 Å². The van der Waals surface area contributed by atoms with E-state index in [0.29, 0.717) is 17.9 Å². The maximum atomic E-state index is 12.1. The van der Waals surface area contributed by atoms with Crippen molar-refractivity contribution in [2.75, 3.05) is 11.2 Å². The lowest BCUT2D eigenvalue weighted by molar-refractivity contribution is -0.130. The van der Waals surface area contributed by atoms with Gasteiger partial charge in [0, 0.05) is 19.0 Å². The van der Waals surface area contributed by atoms with Gasteiger partial charge in [-0.25, -0.2) is 5.01 Å². The van der Waals surface area contributed by atoms with Crippen LogP contribution in [0.2, 0.25) is 0 Å². The number of nitrogens with one attached hydrogen (secondary N) is 1. The van der Waals surface area contributed by atoms with Gasteiger partial charge in [-0.05, 0) is 29.8 Å². The van der Waals surface area contributed by atoms with Crippen molar-refractivity contribution >= 4 is 34.8 Å². The molecule has 6 nitrogen and oxygen atoms in total. The van der Waals surface area contributed by atoms with Gasteiger partial charge in [-0.3, -0.25) is 9.59 Å². The summed E-state index contributed by atoms with van der Waals surface area (Å²) in [6, 6.07) is 10.6. The molecule has 24 heavy (non-hydrogen) atoms. The molecule has 2 amide bonds. The Labute approximate surface area is 144 Å². The van der Waals surface area contributed by atoms with E-state index >= 15 is 0 Å². The van der Waals surface area contributed by atoms with Crippen LogP contribution in [0.1, 0.15) is 30.7 Å². The Morgan fingerprint density at radius 3 is 2.67 bits per heavy atom. The van der Waals surface area contributed by atoms with E-state index in [1.54, 1.807) is 24.5 Å². The van der Waals surface area contributed by atoms with Crippen LogP contribution in [0.15, 0.2) is 52.2 Å². The lowest BCUT2D eigenvalue weighted by atomic mass is 10.0. The van der Waals surface area contributed by atoms with E-state index < -0.39 is 0 Å². The molecule has 2 heterocycles. The van der Waals surface area contributed by atoms with Gasteiger partial charge in [0.05, 0.1) is 12.0 Å². The maximum absolute atomic E-state index is 12.1. The summed E-state index contributed by atoms with van der Waals surface area (Å²) in [6.45, 7) is 1.46. The minimum Gasteiger partial charge on any atom is -0.467 e. The molecule has 0 radical (unpaired) electrons. The van der Waals surface area contributed by atoms with Crippen molar-refractivity contribution < 1.29 is 14.0 Å². The van der Waals surface area contributed by atoms with Crippen molar-refractivity contribution in [2.45, 2.75) is 19.4 Å². The molecule has 0 bridgehead atoms. The molecule has 1 aromatic carbocycles. The number of rotatable bonds is 4. The van der Waals surface area contributed by atoms with E-state index in [9.17, 15) is 9.59 Å². The molecule has 3 rings (SSSR count). The lowest BCUT2D eigenvalue weighted by Gasteiger charge is -2.18. The highest BCUT2D eigenvalue weighted by Gasteiger charge is 2.34. The summed E-state index contributed by atoms with van der Waals surface area (Å²) in [6.07, 6.45) is 2.11. The van der Waals surface area contributed by atoms with E-state index in [0.717, 1.165) is 11.3 Å². The van der Waals surface area contributed by atoms with Gasteiger partial charge in [0.25, 0.3) is 5.91 Å².